The lowest BCUT2D eigenvalue weighted by atomic mass is 9.75. The fraction of sp³-hybridized carbons (Fsp3) is 0.750. The van der Waals surface area contributed by atoms with Gasteiger partial charge >= 0.3 is 5.92 Å². The van der Waals surface area contributed by atoms with Gasteiger partial charge in [0.1, 0.15) is 11.4 Å². The topological polar surface area (TPSA) is 69.8 Å². The number of carbonyl (C=O) groups is 1. The maximum absolute atomic E-state index is 14.3. The van der Waals surface area contributed by atoms with Crippen LogP contribution in [0.4, 0.5) is 8.78 Å². The maximum Gasteiger partial charge on any atom is 0.352 e. The van der Waals surface area contributed by atoms with Gasteiger partial charge in [-0.2, -0.15) is 8.78 Å². The number of aryl methyl sites for hydroxylation is 2. The number of piperazine rings is 1. The molecule has 2 aliphatic rings. The first-order valence-corrected chi connectivity index (χ1v) is 8.28. The van der Waals surface area contributed by atoms with Crippen molar-refractivity contribution in [2.45, 2.75) is 51.2 Å². The number of alkyl halides is 2. The molecule has 24 heavy (non-hydrogen) atoms. The Morgan fingerprint density at radius 3 is 2.38 bits per heavy atom. The van der Waals surface area contributed by atoms with Gasteiger partial charge in [0.05, 0.1) is 5.69 Å². The molecule has 0 atom stereocenters. The van der Waals surface area contributed by atoms with E-state index in [0.717, 1.165) is 17.0 Å². The van der Waals surface area contributed by atoms with E-state index in [1.807, 2.05) is 13.8 Å². The van der Waals surface area contributed by atoms with Gasteiger partial charge in [-0.05, 0) is 33.1 Å². The van der Waals surface area contributed by atoms with Crippen LogP contribution in [0.3, 0.4) is 0 Å². The van der Waals surface area contributed by atoms with Gasteiger partial charge < -0.3 is 14.5 Å². The maximum atomic E-state index is 14.3. The van der Waals surface area contributed by atoms with E-state index >= 15 is 0 Å². The molecule has 0 unspecified atom stereocenters. The Morgan fingerprint density at radius 2 is 1.92 bits per heavy atom. The molecule has 0 aromatic carbocycles. The molecule has 1 aliphatic carbocycles. The zero-order valence-corrected chi connectivity index (χ0v) is 14.0. The summed E-state index contributed by atoms with van der Waals surface area (Å²) in [7, 11) is 0. The van der Waals surface area contributed by atoms with Crippen LogP contribution in [0.5, 0.6) is 0 Å². The lowest BCUT2D eigenvalue weighted by Gasteiger charge is -2.44. The first-order valence-electron chi connectivity index (χ1n) is 8.28. The summed E-state index contributed by atoms with van der Waals surface area (Å²) in [5.74, 6) is -4.19. The highest BCUT2D eigenvalue weighted by Crippen LogP contribution is 2.45. The van der Waals surface area contributed by atoms with Crippen LogP contribution in [0, 0.1) is 13.8 Å². The summed E-state index contributed by atoms with van der Waals surface area (Å²) >= 11 is 0. The lowest BCUT2D eigenvalue weighted by Crippen LogP contribution is -2.63. The highest BCUT2D eigenvalue weighted by molar-refractivity contribution is 5.85. The Hall–Kier alpha value is -1.54. The number of carbonyl (C=O) groups excluding carboxylic acids is 1. The van der Waals surface area contributed by atoms with Crippen LogP contribution in [0.25, 0.3) is 0 Å². The molecule has 0 bridgehead atoms. The molecule has 1 saturated heterocycles. The van der Waals surface area contributed by atoms with Gasteiger partial charge in [-0.1, -0.05) is 5.16 Å². The van der Waals surface area contributed by atoms with Gasteiger partial charge in [-0.25, -0.2) is 0 Å². The average Bonchev–Trinajstić information content (AvgIpc) is 2.84. The van der Waals surface area contributed by atoms with Gasteiger partial charge in [0, 0.05) is 38.3 Å². The number of hydrogen-bond acceptors (Lipinski definition) is 5. The Labute approximate surface area is 139 Å². The predicted octanol–water partition coefficient (Wildman–Crippen LogP) is 1.49. The highest BCUT2D eigenvalue weighted by atomic mass is 19.3. The molecule has 0 radical (unpaired) electrons. The van der Waals surface area contributed by atoms with Crippen molar-refractivity contribution in [3.8, 4) is 0 Å². The monoisotopic (exact) mass is 343 g/mol. The van der Waals surface area contributed by atoms with Crippen LogP contribution in [0.15, 0.2) is 4.52 Å². The van der Waals surface area contributed by atoms with Crippen LogP contribution >= 0.6 is 0 Å². The molecule has 1 N–H and O–H groups in total. The van der Waals surface area contributed by atoms with Crippen LogP contribution in [-0.4, -0.2) is 63.7 Å². The molecule has 0 spiro atoms. The zero-order valence-electron chi connectivity index (χ0n) is 14.0. The van der Waals surface area contributed by atoms with Crippen molar-refractivity contribution in [1.82, 2.24) is 15.0 Å². The van der Waals surface area contributed by atoms with Gasteiger partial charge in [0.25, 0.3) is 5.91 Å². The summed E-state index contributed by atoms with van der Waals surface area (Å²) in [6.45, 7) is 5.81. The molecule has 1 aliphatic heterocycles. The van der Waals surface area contributed by atoms with Crippen molar-refractivity contribution in [2.24, 2.45) is 0 Å². The Kier molecular flexibility index (Phi) is 4.37. The van der Waals surface area contributed by atoms with Crippen molar-refractivity contribution in [3.05, 3.63) is 17.0 Å². The van der Waals surface area contributed by atoms with E-state index in [4.69, 9.17) is 4.52 Å². The second-order valence-electron chi connectivity index (χ2n) is 6.83. The van der Waals surface area contributed by atoms with Crippen LogP contribution < -0.4 is 0 Å². The Morgan fingerprint density at radius 1 is 1.29 bits per heavy atom. The van der Waals surface area contributed by atoms with Crippen LogP contribution in [0.2, 0.25) is 0 Å². The fourth-order valence-corrected chi connectivity index (χ4v) is 3.28. The molecule has 1 aromatic rings. The van der Waals surface area contributed by atoms with Crippen molar-refractivity contribution < 1.29 is 23.2 Å². The smallest absolute Gasteiger partial charge is 0.352 e. The third kappa shape index (κ3) is 2.82. The summed E-state index contributed by atoms with van der Waals surface area (Å²) in [6, 6.07) is 0. The minimum atomic E-state index is -3.70. The lowest BCUT2D eigenvalue weighted by molar-refractivity contribution is -0.224. The molecule has 134 valence electrons. The van der Waals surface area contributed by atoms with Crippen LogP contribution in [-0.2, 0) is 11.3 Å². The number of aromatic nitrogens is 1. The molecule has 1 amide bonds. The number of nitrogens with zero attached hydrogens (tertiary/aromatic N) is 3. The Balaban J connectivity index is 1.58. The van der Waals surface area contributed by atoms with Crippen molar-refractivity contribution in [3.63, 3.8) is 0 Å². The summed E-state index contributed by atoms with van der Waals surface area (Å²) < 4.78 is 33.7. The van der Waals surface area contributed by atoms with Gasteiger partial charge in [0.2, 0.25) is 0 Å². The van der Waals surface area contributed by atoms with E-state index in [0.29, 0.717) is 26.1 Å². The molecular formula is C16H23F2N3O3. The first-order chi connectivity index (χ1) is 11.2. The largest absolute Gasteiger partial charge is 0.383 e. The second-order valence-corrected chi connectivity index (χ2v) is 6.83. The molecule has 8 heteroatoms. The molecule has 3 rings (SSSR count). The number of rotatable bonds is 4. The highest BCUT2D eigenvalue weighted by Gasteiger charge is 2.62. The van der Waals surface area contributed by atoms with E-state index in [-0.39, 0.29) is 25.9 Å². The predicted molar refractivity (Wildman–Crippen MR) is 81.6 cm³/mol. The number of amides is 1. The van der Waals surface area contributed by atoms with Gasteiger partial charge in [-0.15, -0.1) is 0 Å². The number of halogens is 2. The molecule has 6 nitrogen and oxygen atoms in total. The van der Waals surface area contributed by atoms with Crippen molar-refractivity contribution >= 4 is 5.91 Å². The van der Waals surface area contributed by atoms with Crippen molar-refractivity contribution in [1.29, 1.82) is 0 Å². The first kappa shape index (κ1) is 17.3. The summed E-state index contributed by atoms with van der Waals surface area (Å²) in [4.78, 5) is 15.4. The zero-order chi connectivity index (χ0) is 17.5. The minimum absolute atomic E-state index is 0.0161. The standard InChI is InChI=1S/C16H23F2N3O3/c1-11-13(12(2)24-19-11)10-20-6-8-21(9-7-20)14(22)16(17,18)15(23)4-3-5-15/h23H,3-10H2,1-2H3. The normalized spacial score (nSPS) is 21.6. The van der Waals surface area contributed by atoms with Gasteiger partial charge in [0.15, 0.2) is 0 Å². The summed E-state index contributed by atoms with van der Waals surface area (Å²) in [5.41, 5.74) is -0.327. The quantitative estimate of drug-likeness (QED) is 0.897. The fourth-order valence-electron chi connectivity index (χ4n) is 3.28. The molecule has 1 aromatic heterocycles. The molecule has 2 fully saturated rings. The number of hydrogen-bond donors (Lipinski definition) is 1. The average molecular weight is 343 g/mol. The van der Waals surface area contributed by atoms with E-state index in [9.17, 15) is 18.7 Å². The van der Waals surface area contributed by atoms with E-state index in [2.05, 4.69) is 10.1 Å². The Bertz CT molecular complexity index is 601. The molecule has 2 heterocycles. The molecular weight excluding hydrogens is 320 g/mol. The number of aliphatic hydroxyl groups is 1. The third-order valence-electron chi connectivity index (χ3n) is 5.26. The van der Waals surface area contributed by atoms with E-state index < -0.39 is 17.4 Å². The summed E-state index contributed by atoms with van der Waals surface area (Å²) in [5, 5.41) is 13.8. The van der Waals surface area contributed by atoms with E-state index in [1.165, 1.54) is 4.90 Å². The third-order valence-corrected chi connectivity index (χ3v) is 5.26. The van der Waals surface area contributed by atoms with Gasteiger partial charge in [-0.3, -0.25) is 9.69 Å². The van der Waals surface area contributed by atoms with Crippen molar-refractivity contribution in [2.75, 3.05) is 26.2 Å². The minimum Gasteiger partial charge on any atom is -0.383 e. The van der Waals surface area contributed by atoms with Crippen LogP contribution in [0.1, 0.15) is 36.3 Å². The van der Waals surface area contributed by atoms with E-state index in [1.54, 1.807) is 0 Å². The SMILES string of the molecule is Cc1noc(C)c1CN1CCN(C(=O)C(F)(F)C2(O)CCC2)CC1. The molecule has 1 saturated carbocycles. The second kappa shape index (κ2) is 6.07. The summed E-state index contributed by atoms with van der Waals surface area (Å²) in [6.07, 6.45) is 0.500.